The van der Waals surface area contributed by atoms with Gasteiger partial charge in [-0.15, -0.1) is 11.3 Å². The maximum atomic E-state index is 4.55. The third-order valence-electron chi connectivity index (χ3n) is 3.82. The molecule has 0 spiro atoms. The Morgan fingerprint density at radius 2 is 2.17 bits per heavy atom. The van der Waals surface area contributed by atoms with E-state index in [-0.39, 0.29) is 5.41 Å². The van der Waals surface area contributed by atoms with E-state index in [0.29, 0.717) is 6.04 Å². The average molecular weight is 267 g/mol. The molecule has 4 heteroatoms. The van der Waals surface area contributed by atoms with Crippen molar-refractivity contribution in [1.29, 1.82) is 0 Å². The molecule has 102 valence electrons. The first-order valence-electron chi connectivity index (χ1n) is 6.79. The molecule has 2 rings (SSSR count). The first kappa shape index (κ1) is 13.8. The number of nitrogens with zero attached hydrogens (tertiary/aromatic N) is 2. The van der Waals surface area contributed by atoms with Crippen molar-refractivity contribution in [3.05, 3.63) is 11.1 Å². The molecule has 0 amide bonds. The zero-order valence-corrected chi connectivity index (χ0v) is 13.0. The zero-order chi connectivity index (χ0) is 13.3. The molecule has 0 aromatic carbocycles. The molecule has 1 N–H and O–H groups in total. The van der Waals surface area contributed by atoms with Gasteiger partial charge in [-0.1, -0.05) is 20.8 Å². The van der Waals surface area contributed by atoms with Crippen molar-refractivity contribution in [1.82, 2.24) is 10.3 Å². The van der Waals surface area contributed by atoms with Crippen molar-refractivity contribution in [3.8, 4) is 0 Å². The second-order valence-corrected chi connectivity index (χ2v) is 7.51. The molecular weight excluding hydrogens is 242 g/mol. The number of rotatable bonds is 5. The summed E-state index contributed by atoms with van der Waals surface area (Å²) in [5, 5.41) is 4.67. The first-order valence-corrected chi connectivity index (χ1v) is 7.60. The Bertz CT molecular complexity index is 390. The number of thiazole rings is 1. The summed E-state index contributed by atoms with van der Waals surface area (Å²) >= 11 is 1.81. The van der Waals surface area contributed by atoms with E-state index in [1.165, 1.54) is 17.7 Å². The fourth-order valence-corrected chi connectivity index (χ4v) is 2.72. The molecule has 1 heterocycles. The van der Waals surface area contributed by atoms with Crippen LogP contribution in [0.3, 0.4) is 0 Å². The molecule has 0 bridgehead atoms. The summed E-state index contributed by atoms with van der Waals surface area (Å²) in [6.45, 7) is 10.1. The largest absolute Gasteiger partial charge is 0.348 e. The van der Waals surface area contributed by atoms with Gasteiger partial charge in [0.15, 0.2) is 5.13 Å². The van der Waals surface area contributed by atoms with Crippen molar-refractivity contribution in [2.24, 2.45) is 5.41 Å². The van der Waals surface area contributed by atoms with Crippen molar-refractivity contribution in [2.75, 3.05) is 11.9 Å². The predicted molar refractivity (Wildman–Crippen MR) is 79.3 cm³/mol. The van der Waals surface area contributed by atoms with Crippen LogP contribution in [0, 0.1) is 5.41 Å². The minimum atomic E-state index is 0.271. The molecule has 1 aromatic heterocycles. The standard InChI is InChI=1S/C14H25N3S/c1-10(14(2,3)4)17(5)13-16-9-12(18-13)8-15-11-6-7-11/h9-11,15H,6-8H2,1-5H3. The summed E-state index contributed by atoms with van der Waals surface area (Å²) in [6, 6.07) is 1.25. The summed E-state index contributed by atoms with van der Waals surface area (Å²) < 4.78 is 0. The van der Waals surface area contributed by atoms with Crippen molar-refractivity contribution in [3.63, 3.8) is 0 Å². The smallest absolute Gasteiger partial charge is 0.185 e. The van der Waals surface area contributed by atoms with Gasteiger partial charge in [-0.2, -0.15) is 0 Å². The van der Waals surface area contributed by atoms with Gasteiger partial charge in [0, 0.05) is 36.8 Å². The Morgan fingerprint density at radius 1 is 1.50 bits per heavy atom. The van der Waals surface area contributed by atoms with Gasteiger partial charge in [0.1, 0.15) is 0 Å². The highest BCUT2D eigenvalue weighted by Crippen LogP contribution is 2.30. The van der Waals surface area contributed by atoms with Crippen molar-refractivity contribution in [2.45, 2.75) is 59.2 Å². The van der Waals surface area contributed by atoms with Crippen LogP contribution in [0.25, 0.3) is 0 Å². The van der Waals surface area contributed by atoms with E-state index in [2.05, 4.69) is 49.9 Å². The normalized spacial score (nSPS) is 17.8. The van der Waals surface area contributed by atoms with Crippen LogP contribution in [-0.4, -0.2) is 24.1 Å². The highest BCUT2D eigenvalue weighted by molar-refractivity contribution is 7.15. The van der Waals surface area contributed by atoms with E-state index in [0.717, 1.165) is 17.7 Å². The highest BCUT2D eigenvalue weighted by atomic mass is 32.1. The molecule has 0 aliphatic heterocycles. The molecule has 1 unspecified atom stereocenters. The SMILES string of the molecule is CC(N(C)c1ncc(CNC2CC2)s1)C(C)(C)C. The van der Waals surface area contributed by atoms with E-state index in [1.54, 1.807) is 0 Å². The van der Waals surface area contributed by atoms with E-state index in [4.69, 9.17) is 0 Å². The third kappa shape index (κ3) is 3.45. The van der Waals surface area contributed by atoms with E-state index in [9.17, 15) is 0 Å². The number of hydrogen-bond acceptors (Lipinski definition) is 4. The number of aromatic nitrogens is 1. The molecule has 0 radical (unpaired) electrons. The zero-order valence-electron chi connectivity index (χ0n) is 12.2. The number of nitrogens with one attached hydrogen (secondary N) is 1. The lowest BCUT2D eigenvalue weighted by molar-refractivity contribution is 0.329. The first-order chi connectivity index (χ1) is 8.38. The van der Waals surface area contributed by atoms with Crippen LogP contribution in [0.2, 0.25) is 0 Å². The Hall–Kier alpha value is -0.610. The van der Waals surface area contributed by atoms with Crippen LogP contribution in [-0.2, 0) is 6.54 Å². The maximum absolute atomic E-state index is 4.55. The predicted octanol–water partition coefficient (Wildman–Crippen LogP) is 3.27. The lowest BCUT2D eigenvalue weighted by Crippen LogP contribution is -2.39. The van der Waals surface area contributed by atoms with Crippen LogP contribution >= 0.6 is 11.3 Å². The molecule has 18 heavy (non-hydrogen) atoms. The van der Waals surface area contributed by atoms with Crippen LogP contribution < -0.4 is 10.2 Å². The van der Waals surface area contributed by atoms with E-state index < -0.39 is 0 Å². The Balaban J connectivity index is 1.95. The quantitative estimate of drug-likeness (QED) is 0.887. The van der Waals surface area contributed by atoms with Gasteiger partial charge in [-0.05, 0) is 25.2 Å². The van der Waals surface area contributed by atoms with Crippen molar-refractivity contribution < 1.29 is 0 Å². The van der Waals surface area contributed by atoms with Crippen LogP contribution in [0.15, 0.2) is 6.20 Å². The van der Waals surface area contributed by atoms with Crippen LogP contribution in [0.5, 0.6) is 0 Å². The topological polar surface area (TPSA) is 28.2 Å². The summed E-state index contributed by atoms with van der Waals surface area (Å²) in [4.78, 5) is 8.19. The van der Waals surface area contributed by atoms with Crippen LogP contribution in [0.1, 0.15) is 45.4 Å². The van der Waals surface area contributed by atoms with Gasteiger partial charge in [0.05, 0.1) is 0 Å². The van der Waals surface area contributed by atoms with Gasteiger partial charge in [-0.25, -0.2) is 4.98 Å². The van der Waals surface area contributed by atoms with Gasteiger partial charge < -0.3 is 10.2 Å². The molecule has 1 saturated carbocycles. The second-order valence-electron chi connectivity index (χ2n) is 6.42. The lowest BCUT2D eigenvalue weighted by Gasteiger charge is -2.35. The maximum Gasteiger partial charge on any atom is 0.185 e. The summed E-state index contributed by atoms with van der Waals surface area (Å²) in [5.41, 5.74) is 0.271. The summed E-state index contributed by atoms with van der Waals surface area (Å²) in [6.07, 6.45) is 4.69. The Morgan fingerprint density at radius 3 is 2.72 bits per heavy atom. The molecule has 1 fully saturated rings. The van der Waals surface area contributed by atoms with E-state index in [1.807, 2.05) is 17.5 Å². The van der Waals surface area contributed by atoms with Crippen LogP contribution in [0.4, 0.5) is 5.13 Å². The molecular formula is C14H25N3S. The monoisotopic (exact) mass is 267 g/mol. The minimum Gasteiger partial charge on any atom is -0.348 e. The average Bonchev–Trinajstić information content (AvgIpc) is 3.01. The van der Waals surface area contributed by atoms with Gasteiger partial charge in [0.2, 0.25) is 0 Å². The minimum absolute atomic E-state index is 0.271. The number of anilines is 1. The van der Waals surface area contributed by atoms with Gasteiger partial charge in [0.25, 0.3) is 0 Å². The fourth-order valence-electron chi connectivity index (χ4n) is 1.82. The molecule has 1 aromatic rings. The molecule has 1 aliphatic carbocycles. The fraction of sp³-hybridized carbons (Fsp3) is 0.786. The molecule has 3 nitrogen and oxygen atoms in total. The third-order valence-corrected chi connectivity index (χ3v) is 4.91. The highest BCUT2D eigenvalue weighted by Gasteiger charge is 2.26. The van der Waals surface area contributed by atoms with Gasteiger partial charge >= 0.3 is 0 Å². The molecule has 1 aliphatic rings. The molecule has 0 saturated heterocycles. The Labute approximate surface area is 115 Å². The van der Waals surface area contributed by atoms with Gasteiger partial charge in [-0.3, -0.25) is 0 Å². The Kier molecular flexibility index (Phi) is 3.97. The summed E-state index contributed by atoms with van der Waals surface area (Å²) in [7, 11) is 2.15. The molecule has 1 atom stereocenters. The summed E-state index contributed by atoms with van der Waals surface area (Å²) in [5.74, 6) is 0. The lowest BCUT2D eigenvalue weighted by atomic mass is 9.87. The number of hydrogen-bond donors (Lipinski definition) is 1. The second kappa shape index (κ2) is 5.17. The van der Waals surface area contributed by atoms with E-state index >= 15 is 0 Å². The van der Waals surface area contributed by atoms with Crippen molar-refractivity contribution >= 4 is 16.5 Å².